The zero-order valence-corrected chi connectivity index (χ0v) is 16.8. The van der Waals surface area contributed by atoms with Gasteiger partial charge in [0.05, 0.1) is 18.0 Å². The lowest BCUT2D eigenvalue weighted by Gasteiger charge is -2.37. The predicted molar refractivity (Wildman–Crippen MR) is 110 cm³/mol. The van der Waals surface area contributed by atoms with E-state index in [1.807, 2.05) is 37.4 Å². The van der Waals surface area contributed by atoms with E-state index in [0.717, 1.165) is 42.4 Å². The van der Waals surface area contributed by atoms with E-state index in [0.29, 0.717) is 24.5 Å². The van der Waals surface area contributed by atoms with E-state index in [2.05, 4.69) is 25.9 Å². The predicted octanol–water partition coefficient (Wildman–Crippen LogP) is 1.87. The molecule has 3 aromatic rings. The second-order valence-corrected chi connectivity index (χ2v) is 7.67. The molecule has 0 aliphatic carbocycles. The summed E-state index contributed by atoms with van der Waals surface area (Å²) >= 11 is 0. The number of aromatic nitrogens is 4. The van der Waals surface area contributed by atoms with Crippen LogP contribution in [0.15, 0.2) is 36.7 Å². The molecule has 1 fully saturated rings. The number of carbonyl (C=O) groups is 1. The molecule has 1 saturated heterocycles. The topological polar surface area (TPSA) is 94.0 Å². The van der Waals surface area contributed by atoms with Gasteiger partial charge in [-0.15, -0.1) is 5.10 Å². The third-order valence-electron chi connectivity index (χ3n) is 5.73. The number of piperidine rings is 1. The molecule has 8 nitrogen and oxygen atoms in total. The molecule has 2 N–H and O–H groups in total. The minimum Gasteiger partial charge on any atom is -0.384 e. The number of hydrogen-bond acceptors (Lipinski definition) is 6. The number of ether oxygens (including phenoxy) is 1. The third kappa shape index (κ3) is 3.86. The van der Waals surface area contributed by atoms with E-state index in [4.69, 9.17) is 4.74 Å². The maximum Gasteiger partial charge on any atom is 0.273 e. The van der Waals surface area contributed by atoms with E-state index in [1.165, 1.54) is 0 Å². The average molecular weight is 394 g/mol. The molecule has 3 heterocycles. The maximum absolute atomic E-state index is 12.9. The van der Waals surface area contributed by atoms with Crippen molar-refractivity contribution in [2.75, 3.05) is 33.4 Å². The van der Waals surface area contributed by atoms with Crippen LogP contribution in [0.5, 0.6) is 0 Å². The molecule has 1 amide bonds. The highest BCUT2D eigenvalue weighted by atomic mass is 16.5. The lowest BCUT2D eigenvalue weighted by atomic mass is 9.79. The van der Waals surface area contributed by atoms with Crippen LogP contribution in [0, 0.1) is 12.3 Å². The van der Waals surface area contributed by atoms with Crippen LogP contribution >= 0.6 is 0 Å². The number of amides is 1. The van der Waals surface area contributed by atoms with E-state index in [9.17, 15) is 4.79 Å². The van der Waals surface area contributed by atoms with Crippen LogP contribution in [0.4, 0.5) is 0 Å². The Morgan fingerprint density at radius 3 is 2.93 bits per heavy atom. The van der Waals surface area contributed by atoms with Crippen molar-refractivity contribution in [3.8, 4) is 5.69 Å². The van der Waals surface area contributed by atoms with E-state index in [-0.39, 0.29) is 11.3 Å². The van der Waals surface area contributed by atoms with Gasteiger partial charge in [0.25, 0.3) is 5.91 Å². The molecule has 1 aliphatic rings. The largest absolute Gasteiger partial charge is 0.384 e. The van der Waals surface area contributed by atoms with Crippen molar-refractivity contribution >= 4 is 16.7 Å². The molecule has 1 aliphatic heterocycles. The van der Waals surface area contributed by atoms with Gasteiger partial charge < -0.3 is 15.4 Å². The average Bonchev–Trinajstić information content (AvgIpc) is 3.14. The summed E-state index contributed by atoms with van der Waals surface area (Å²) in [5, 5.41) is 16.9. The van der Waals surface area contributed by atoms with Gasteiger partial charge in [-0.1, -0.05) is 17.3 Å². The molecule has 0 spiro atoms. The number of nitrogens with zero attached hydrogens (tertiary/aromatic N) is 4. The van der Waals surface area contributed by atoms with Crippen LogP contribution in [0.25, 0.3) is 16.5 Å². The lowest BCUT2D eigenvalue weighted by molar-refractivity contribution is 0.0510. The van der Waals surface area contributed by atoms with Crippen molar-refractivity contribution in [1.82, 2.24) is 30.6 Å². The Hall–Kier alpha value is -2.84. The molecule has 152 valence electrons. The molecular weight excluding hydrogens is 368 g/mol. The molecule has 29 heavy (non-hydrogen) atoms. The van der Waals surface area contributed by atoms with Crippen molar-refractivity contribution in [3.05, 3.63) is 48.0 Å². The Balaban J connectivity index is 1.56. The molecule has 1 aromatic carbocycles. The highest BCUT2D eigenvalue weighted by molar-refractivity contribution is 5.94. The molecule has 0 bridgehead atoms. The Morgan fingerprint density at radius 2 is 2.14 bits per heavy atom. The highest BCUT2D eigenvalue weighted by Crippen LogP contribution is 2.28. The summed E-state index contributed by atoms with van der Waals surface area (Å²) in [7, 11) is 1.71. The fourth-order valence-corrected chi connectivity index (χ4v) is 4.04. The second-order valence-electron chi connectivity index (χ2n) is 7.67. The molecule has 8 heteroatoms. The summed E-state index contributed by atoms with van der Waals surface area (Å²) in [4.78, 5) is 17.0. The van der Waals surface area contributed by atoms with E-state index >= 15 is 0 Å². The summed E-state index contributed by atoms with van der Waals surface area (Å²) in [6.07, 6.45) is 5.50. The fraction of sp³-hybridized carbons (Fsp3) is 0.429. The number of methoxy groups -OCH3 is 1. The minimum absolute atomic E-state index is 0.0395. The monoisotopic (exact) mass is 394 g/mol. The summed E-state index contributed by atoms with van der Waals surface area (Å²) in [6, 6.07) is 7.86. The summed E-state index contributed by atoms with van der Waals surface area (Å²) < 4.78 is 7.15. The van der Waals surface area contributed by atoms with Gasteiger partial charge in [0, 0.05) is 42.2 Å². The third-order valence-corrected chi connectivity index (χ3v) is 5.73. The van der Waals surface area contributed by atoms with Gasteiger partial charge in [0.15, 0.2) is 5.69 Å². The first kappa shape index (κ1) is 19.5. The summed E-state index contributed by atoms with van der Waals surface area (Å²) in [5.74, 6) is -0.204. The van der Waals surface area contributed by atoms with Crippen molar-refractivity contribution in [2.45, 2.75) is 19.8 Å². The molecular formula is C21H26N6O2. The first-order chi connectivity index (χ1) is 14.1. The molecule has 0 atom stereocenters. The quantitative estimate of drug-likeness (QED) is 0.663. The first-order valence-corrected chi connectivity index (χ1v) is 9.87. The van der Waals surface area contributed by atoms with E-state index in [1.54, 1.807) is 18.0 Å². The van der Waals surface area contributed by atoms with Crippen LogP contribution < -0.4 is 10.6 Å². The number of rotatable bonds is 6. The summed E-state index contributed by atoms with van der Waals surface area (Å²) in [6.45, 7) is 4.93. The van der Waals surface area contributed by atoms with Gasteiger partial charge in [0.2, 0.25) is 0 Å². The number of carbonyl (C=O) groups excluding carboxylic acids is 1. The smallest absolute Gasteiger partial charge is 0.273 e. The van der Waals surface area contributed by atoms with Gasteiger partial charge in [-0.2, -0.15) is 0 Å². The molecule has 0 saturated carbocycles. The van der Waals surface area contributed by atoms with Crippen LogP contribution in [0.1, 0.15) is 29.0 Å². The van der Waals surface area contributed by atoms with Crippen LogP contribution in [0.2, 0.25) is 0 Å². The summed E-state index contributed by atoms with van der Waals surface area (Å²) in [5.41, 5.74) is 1.89. The second kappa shape index (κ2) is 8.26. The number of pyridine rings is 1. The maximum atomic E-state index is 12.9. The molecule has 0 radical (unpaired) electrons. The van der Waals surface area contributed by atoms with Gasteiger partial charge in [0.1, 0.15) is 0 Å². The van der Waals surface area contributed by atoms with Gasteiger partial charge in [-0.3, -0.25) is 9.78 Å². The molecule has 4 rings (SSSR count). The first-order valence-electron chi connectivity index (χ1n) is 9.87. The van der Waals surface area contributed by atoms with Gasteiger partial charge in [-0.25, -0.2) is 4.68 Å². The van der Waals surface area contributed by atoms with Gasteiger partial charge in [-0.05, 0) is 45.0 Å². The Morgan fingerprint density at radius 1 is 1.31 bits per heavy atom. The normalized spacial score (nSPS) is 16.1. The lowest BCUT2D eigenvalue weighted by Crippen LogP contribution is -2.47. The standard InChI is InChI=1S/C21H26N6O2/c1-15-19(20(28)24-13-21(14-29-2)7-10-22-11-8-21)25-26-27(15)18-5-3-4-16-12-23-9-6-17(16)18/h3-6,9,12,22H,7-8,10-11,13-14H2,1-2H3,(H,24,28). The SMILES string of the molecule is COCC1(CNC(=O)c2nnn(-c3cccc4cnccc34)c2C)CCNCC1. The van der Waals surface area contributed by atoms with Crippen molar-refractivity contribution in [3.63, 3.8) is 0 Å². The van der Waals surface area contributed by atoms with Crippen LogP contribution in [-0.2, 0) is 4.74 Å². The zero-order valence-electron chi connectivity index (χ0n) is 16.8. The highest BCUT2D eigenvalue weighted by Gasteiger charge is 2.33. The van der Waals surface area contributed by atoms with Crippen LogP contribution in [0.3, 0.4) is 0 Å². The van der Waals surface area contributed by atoms with Crippen molar-refractivity contribution in [2.24, 2.45) is 5.41 Å². The fourth-order valence-electron chi connectivity index (χ4n) is 4.04. The number of nitrogens with one attached hydrogen (secondary N) is 2. The molecule has 0 unspecified atom stereocenters. The number of benzene rings is 1. The number of hydrogen-bond donors (Lipinski definition) is 2. The minimum atomic E-state index is -0.204. The van der Waals surface area contributed by atoms with Crippen LogP contribution in [-0.4, -0.2) is 59.2 Å². The van der Waals surface area contributed by atoms with E-state index < -0.39 is 0 Å². The zero-order chi connectivity index (χ0) is 20.3. The van der Waals surface area contributed by atoms with Gasteiger partial charge >= 0.3 is 0 Å². The van der Waals surface area contributed by atoms with Crippen molar-refractivity contribution < 1.29 is 9.53 Å². The van der Waals surface area contributed by atoms with Crippen molar-refractivity contribution in [1.29, 1.82) is 0 Å². The Labute approximate surface area is 169 Å². The molecule has 2 aromatic heterocycles. The number of fused-ring (bicyclic) bond motifs is 1. The Kier molecular flexibility index (Phi) is 5.55. The Bertz CT molecular complexity index is 999.